The van der Waals surface area contributed by atoms with Gasteiger partial charge < -0.3 is 10.6 Å². The zero-order chi connectivity index (χ0) is 15.9. The van der Waals surface area contributed by atoms with Crippen LogP contribution in [0.25, 0.3) is 10.9 Å². The molecule has 1 aliphatic rings. The quantitative estimate of drug-likeness (QED) is 0.771. The van der Waals surface area contributed by atoms with Crippen LogP contribution in [0.3, 0.4) is 0 Å². The number of para-hydroxylation sites is 1. The van der Waals surface area contributed by atoms with Gasteiger partial charge in [0.1, 0.15) is 6.54 Å². The third kappa shape index (κ3) is 4.55. The SMILES string of the molecule is O=C(Cn1ncc2ccccc21)NCCNCC1CCCCC1. The number of hydrogen-bond donors (Lipinski definition) is 2. The second-order valence-corrected chi connectivity index (χ2v) is 6.42. The number of hydrogen-bond acceptors (Lipinski definition) is 3. The van der Waals surface area contributed by atoms with Crippen LogP contribution in [0.1, 0.15) is 32.1 Å². The summed E-state index contributed by atoms with van der Waals surface area (Å²) in [5.41, 5.74) is 0.998. The maximum absolute atomic E-state index is 12.0. The van der Waals surface area contributed by atoms with Gasteiger partial charge in [-0.3, -0.25) is 9.48 Å². The number of nitrogens with zero attached hydrogens (tertiary/aromatic N) is 2. The Labute approximate surface area is 137 Å². The molecular formula is C18H26N4O. The van der Waals surface area contributed by atoms with Crippen LogP contribution in [-0.4, -0.2) is 35.3 Å². The molecule has 0 spiro atoms. The van der Waals surface area contributed by atoms with Gasteiger partial charge in [-0.25, -0.2) is 0 Å². The zero-order valence-corrected chi connectivity index (χ0v) is 13.6. The zero-order valence-electron chi connectivity index (χ0n) is 13.6. The van der Waals surface area contributed by atoms with E-state index in [9.17, 15) is 4.79 Å². The van der Waals surface area contributed by atoms with Crippen molar-refractivity contribution in [2.24, 2.45) is 5.92 Å². The Morgan fingerprint density at radius 2 is 2.00 bits per heavy atom. The molecule has 1 saturated carbocycles. The molecule has 0 saturated heterocycles. The highest BCUT2D eigenvalue weighted by Crippen LogP contribution is 2.22. The van der Waals surface area contributed by atoms with Gasteiger partial charge in [0, 0.05) is 18.5 Å². The van der Waals surface area contributed by atoms with Crippen LogP contribution in [0, 0.1) is 5.92 Å². The summed E-state index contributed by atoms with van der Waals surface area (Å²) in [4.78, 5) is 12.0. The lowest BCUT2D eigenvalue weighted by Crippen LogP contribution is -2.35. The average molecular weight is 314 g/mol. The van der Waals surface area contributed by atoms with Crippen molar-refractivity contribution in [1.82, 2.24) is 20.4 Å². The second kappa shape index (κ2) is 8.11. The molecule has 1 aromatic carbocycles. The molecule has 1 aliphatic carbocycles. The maximum Gasteiger partial charge on any atom is 0.241 e. The predicted octanol–water partition coefficient (Wildman–Crippen LogP) is 2.32. The molecule has 5 nitrogen and oxygen atoms in total. The highest BCUT2D eigenvalue weighted by molar-refractivity contribution is 5.81. The molecule has 1 fully saturated rings. The molecule has 0 unspecified atom stereocenters. The van der Waals surface area contributed by atoms with E-state index in [2.05, 4.69) is 15.7 Å². The van der Waals surface area contributed by atoms with E-state index in [1.54, 1.807) is 10.9 Å². The van der Waals surface area contributed by atoms with Gasteiger partial charge in [0.15, 0.2) is 0 Å². The number of nitrogens with one attached hydrogen (secondary N) is 2. The van der Waals surface area contributed by atoms with Gasteiger partial charge in [0.05, 0.1) is 11.7 Å². The van der Waals surface area contributed by atoms with Gasteiger partial charge in [-0.15, -0.1) is 0 Å². The van der Waals surface area contributed by atoms with Gasteiger partial charge in [-0.1, -0.05) is 37.5 Å². The first-order valence-corrected chi connectivity index (χ1v) is 8.71. The first-order valence-electron chi connectivity index (χ1n) is 8.71. The number of rotatable bonds is 7. The summed E-state index contributed by atoms with van der Waals surface area (Å²) in [6.07, 6.45) is 8.66. The number of fused-ring (bicyclic) bond motifs is 1. The van der Waals surface area contributed by atoms with E-state index in [1.807, 2.05) is 24.3 Å². The Bertz CT molecular complexity index is 631. The Hall–Kier alpha value is -1.88. The standard InChI is InChI=1S/C18H26N4O/c23-18(14-22-17-9-5-4-8-16(17)13-21-22)20-11-10-19-12-15-6-2-1-3-7-15/h4-5,8-9,13,15,19H,1-3,6-7,10-12,14H2,(H,20,23). The van der Waals surface area contributed by atoms with E-state index in [0.717, 1.165) is 29.9 Å². The summed E-state index contributed by atoms with van der Waals surface area (Å²) >= 11 is 0. The van der Waals surface area contributed by atoms with E-state index in [-0.39, 0.29) is 12.5 Å². The van der Waals surface area contributed by atoms with E-state index in [0.29, 0.717) is 6.54 Å². The minimum Gasteiger partial charge on any atom is -0.353 e. The van der Waals surface area contributed by atoms with Crippen molar-refractivity contribution in [3.05, 3.63) is 30.5 Å². The summed E-state index contributed by atoms with van der Waals surface area (Å²) in [6, 6.07) is 7.94. The molecule has 3 rings (SSSR count). The van der Waals surface area contributed by atoms with Crippen LogP contribution >= 0.6 is 0 Å². The smallest absolute Gasteiger partial charge is 0.241 e. The summed E-state index contributed by atoms with van der Waals surface area (Å²) < 4.78 is 1.75. The molecule has 5 heteroatoms. The molecule has 0 aliphatic heterocycles. The molecule has 0 bridgehead atoms. The minimum absolute atomic E-state index is 0.0123. The average Bonchev–Trinajstić information content (AvgIpc) is 2.99. The Morgan fingerprint density at radius 1 is 1.17 bits per heavy atom. The van der Waals surface area contributed by atoms with Crippen LogP contribution in [0.4, 0.5) is 0 Å². The molecule has 124 valence electrons. The summed E-state index contributed by atoms with van der Waals surface area (Å²) in [5.74, 6) is 0.841. The fourth-order valence-electron chi connectivity index (χ4n) is 3.33. The normalized spacial score (nSPS) is 15.8. The first kappa shape index (κ1) is 16.0. The number of amides is 1. The molecule has 1 aromatic heterocycles. The number of benzene rings is 1. The van der Waals surface area contributed by atoms with E-state index >= 15 is 0 Å². The molecule has 1 amide bonds. The molecule has 2 aromatic rings. The summed E-state index contributed by atoms with van der Waals surface area (Å²) in [5, 5.41) is 11.8. The van der Waals surface area contributed by atoms with Crippen molar-refractivity contribution in [2.75, 3.05) is 19.6 Å². The van der Waals surface area contributed by atoms with E-state index in [1.165, 1.54) is 32.1 Å². The lowest BCUT2D eigenvalue weighted by atomic mass is 9.89. The van der Waals surface area contributed by atoms with Crippen molar-refractivity contribution >= 4 is 16.8 Å². The summed E-state index contributed by atoms with van der Waals surface area (Å²) in [7, 11) is 0. The van der Waals surface area contributed by atoms with Crippen LogP contribution in [0.5, 0.6) is 0 Å². The third-order valence-electron chi connectivity index (χ3n) is 4.63. The van der Waals surface area contributed by atoms with Gasteiger partial charge in [-0.05, 0) is 31.4 Å². The van der Waals surface area contributed by atoms with Crippen molar-refractivity contribution in [3.63, 3.8) is 0 Å². The van der Waals surface area contributed by atoms with Crippen molar-refractivity contribution in [2.45, 2.75) is 38.6 Å². The highest BCUT2D eigenvalue weighted by Gasteiger charge is 2.12. The van der Waals surface area contributed by atoms with E-state index in [4.69, 9.17) is 0 Å². The summed E-state index contributed by atoms with van der Waals surface area (Å²) in [6.45, 7) is 2.86. The minimum atomic E-state index is 0.0123. The topological polar surface area (TPSA) is 59.0 Å². The van der Waals surface area contributed by atoms with Crippen LogP contribution in [0.15, 0.2) is 30.5 Å². The monoisotopic (exact) mass is 314 g/mol. The Kier molecular flexibility index (Phi) is 5.64. The fraction of sp³-hybridized carbons (Fsp3) is 0.556. The predicted molar refractivity (Wildman–Crippen MR) is 92.2 cm³/mol. The Balaban J connectivity index is 1.35. The maximum atomic E-state index is 12.0. The van der Waals surface area contributed by atoms with E-state index < -0.39 is 0 Å². The van der Waals surface area contributed by atoms with Gasteiger partial charge >= 0.3 is 0 Å². The largest absolute Gasteiger partial charge is 0.353 e. The number of aromatic nitrogens is 2. The lowest BCUT2D eigenvalue weighted by Gasteiger charge is -2.21. The number of carbonyl (C=O) groups excluding carboxylic acids is 1. The van der Waals surface area contributed by atoms with Crippen LogP contribution < -0.4 is 10.6 Å². The molecule has 2 N–H and O–H groups in total. The van der Waals surface area contributed by atoms with Crippen LogP contribution in [-0.2, 0) is 11.3 Å². The van der Waals surface area contributed by atoms with Crippen LogP contribution in [0.2, 0.25) is 0 Å². The molecular weight excluding hydrogens is 288 g/mol. The lowest BCUT2D eigenvalue weighted by molar-refractivity contribution is -0.121. The number of carbonyl (C=O) groups is 1. The molecule has 23 heavy (non-hydrogen) atoms. The van der Waals surface area contributed by atoms with Crippen molar-refractivity contribution in [3.8, 4) is 0 Å². The van der Waals surface area contributed by atoms with Crippen molar-refractivity contribution in [1.29, 1.82) is 0 Å². The van der Waals surface area contributed by atoms with Gasteiger partial charge in [0.25, 0.3) is 0 Å². The third-order valence-corrected chi connectivity index (χ3v) is 4.63. The first-order chi connectivity index (χ1) is 11.3. The molecule has 1 heterocycles. The van der Waals surface area contributed by atoms with Crippen molar-refractivity contribution < 1.29 is 4.79 Å². The fourth-order valence-corrected chi connectivity index (χ4v) is 3.33. The Morgan fingerprint density at radius 3 is 2.87 bits per heavy atom. The van der Waals surface area contributed by atoms with Gasteiger partial charge in [-0.2, -0.15) is 5.10 Å². The highest BCUT2D eigenvalue weighted by atomic mass is 16.2. The molecule has 0 atom stereocenters. The second-order valence-electron chi connectivity index (χ2n) is 6.42. The van der Waals surface area contributed by atoms with Gasteiger partial charge in [0.2, 0.25) is 5.91 Å². The molecule has 0 radical (unpaired) electrons.